The third-order valence-corrected chi connectivity index (χ3v) is 5.31. The molecule has 1 amide bonds. The van der Waals surface area contributed by atoms with E-state index >= 15 is 0 Å². The molecule has 0 spiro atoms. The molecule has 0 saturated heterocycles. The molecule has 122 valence electrons. The summed E-state index contributed by atoms with van der Waals surface area (Å²) in [6, 6.07) is 12.8. The summed E-state index contributed by atoms with van der Waals surface area (Å²) in [5.74, 6) is -0.174. The van der Waals surface area contributed by atoms with Gasteiger partial charge in [0.1, 0.15) is 11.4 Å². The van der Waals surface area contributed by atoms with E-state index in [4.69, 9.17) is 23.2 Å². The Labute approximate surface area is 153 Å². The van der Waals surface area contributed by atoms with E-state index < -0.39 is 0 Å². The van der Waals surface area contributed by atoms with Gasteiger partial charge in [0.05, 0.1) is 26.5 Å². The second-order valence-electron chi connectivity index (χ2n) is 5.05. The Kier molecular flexibility index (Phi) is 5.23. The van der Waals surface area contributed by atoms with E-state index in [1.165, 1.54) is 18.1 Å². The van der Waals surface area contributed by atoms with E-state index in [2.05, 4.69) is 15.3 Å². The molecule has 7 heteroatoms. The van der Waals surface area contributed by atoms with Gasteiger partial charge in [-0.2, -0.15) is 0 Å². The normalized spacial score (nSPS) is 12.1. The summed E-state index contributed by atoms with van der Waals surface area (Å²) in [6.45, 7) is 1.81. The number of hydrogen-bond acceptors (Lipinski definition) is 4. The van der Waals surface area contributed by atoms with E-state index in [0.717, 1.165) is 15.9 Å². The monoisotopic (exact) mass is 377 g/mol. The smallest absolute Gasteiger partial charge is 0.237 e. The molecule has 3 rings (SSSR count). The van der Waals surface area contributed by atoms with Crippen molar-refractivity contribution in [2.45, 2.75) is 17.2 Å². The highest BCUT2D eigenvalue weighted by molar-refractivity contribution is 8.00. The highest BCUT2D eigenvalue weighted by Gasteiger charge is 2.18. The van der Waals surface area contributed by atoms with Crippen molar-refractivity contribution >= 4 is 57.5 Å². The predicted octanol–water partition coefficient (Wildman–Crippen LogP) is 5.06. The standard InChI is InChI=1S/C17H13Cl2N3OS/c1-10(16(23)22-14-8-4-6-12(18)15(14)19)24-17-11-5-2-3-7-13(11)20-9-21-17/h2-10H,1H3,(H,22,23)/t10-/m0/s1. The van der Waals surface area contributed by atoms with Gasteiger partial charge in [-0.3, -0.25) is 4.79 Å². The van der Waals surface area contributed by atoms with Gasteiger partial charge in [0.25, 0.3) is 0 Å². The lowest BCUT2D eigenvalue weighted by atomic mass is 10.2. The number of hydrogen-bond donors (Lipinski definition) is 1. The van der Waals surface area contributed by atoms with Crippen molar-refractivity contribution in [2.75, 3.05) is 5.32 Å². The van der Waals surface area contributed by atoms with Crippen LogP contribution in [0.25, 0.3) is 10.9 Å². The number of benzene rings is 2. The fourth-order valence-corrected chi connectivity index (χ4v) is 3.39. The van der Waals surface area contributed by atoms with Crippen LogP contribution in [0.2, 0.25) is 10.0 Å². The molecule has 0 aliphatic heterocycles. The molecule has 0 fully saturated rings. The van der Waals surface area contributed by atoms with Crippen LogP contribution in [0.4, 0.5) is 5.69 Å². The van der Waals surface area contributed by atoms with Crippen LogP contribution in [0.1, 0.15) is 6.92 Å². The molecule has 0 radical (unpaired) electrons. The molecular formula is C17H13Cl2N3OS. The van der Waals surface area contributed by atoms with Crippen molar-refractivity contribution in [2.24, 2.45) is 0 Å². The molecule has 1 aromatic heterocycles. The van der Waals surface area contributed by atoms with Crippen LogP contribution in [0.5, 0.6) is 0 Å². The molecule has 24 heavy (non-hydrogen) atoms. The Morgan fingerprint density at radius 3 is 2.75 bits per heavy atom. The molecule has 1 heterocycles. The average Bonchev–Trinajstić information content (AvgIpc) is 2.59. The summed E-state index contributed by atoms with van der Waals surface area (Å²) >= 11 is 13.4. The Bertz CT molecular complexity index is 899. The number of rotatable bonds is 4. The SMILES string of the molecule is C[C@H](Sc1ncnc2ccccc12)C(=O)Nc1cccc(Cl)c1Cl. The summed E-state index contributed by atoms with van der Waals surface area (Å²) in [4.78, 5) is 21.0. The fourth-order valence-electron chi connectivity index (χ4n) is 2.13. The molecule has 0 aliphatic rings. The van der Waals surface area contributed by atoms with Crippen molar-refractivity contribution < 1.29 is 4.79 Å². The minimum Gasteiger partial charge on any atom is -0.324 e. The average molecular weight is 378 g/mol. The van der Waals surface area contributed by atoms with Gasteiger partial charge in [-0.1, -0.05) is 59.2 Å². The van der Waals surface area contributed by atoms with Crippen molar-refractivity contribution in [3.63, 3.8) is 0 Å². The lowest BCUT2D eigenvalue weighted by Gasteiger charge is -2.13. The topological polar surface area (TPSA) is 54.9 Å². The minimum absolute atomic E-state index is 0.174. The second-order valence-corrected chi connectivity index (χ2v) is 7.16. The lowest BCUT2D eigenvalue weighted by molar-refractivity contribution is -0.115. The molecule has 0 saturated carbocycles. The first-order valence-electron chi connectivity index (χ1n) is 7.17. The van der Waals surface area contributed by atoms with Crippen LogP contribution in [0, 0.1) is 0 Å². The van der Waals surface area contributed by atoms with E-state index in [9.17, 15) is 4.79 Å². The van der Waals surface area contributed by atoms with Gasteiger partial charge in [-0.25, -0.2) is 9.97 Å². The number of para-hydroxylation sites is 1. The number of thioether (sulfide) groups is 1. The molecule has 3 aromatic rings. The number of aromatic nitrogens is 2. The number of carbonyl (C=O) groups excluding carboxylic acids is 1. The maximum absolute atomic E-state index is 12.4. The first-order valence-corrected chi connectivity index (χ1v) is 8.81. The van der Waals surface area contributed by atoms with Crippen LogP contribution in [-0.2, 0) is 4.79 Å². The fraction of sp³-hybridized carbons (Fsp3) is 0.118. The summed E-state index contributed by atoms with van der Waals surface area (Å²) in [6.07, 6.45) is 1.50. The van der Waals surface area contributed by atoms with Crippen molar-refractivity contribution in [3.8, 4) is 0 Å². The molecule has 0 bridgehead atoms. The third-order valence-electron chi connectivity index (χ3n) is 3.37. The number of carbonyl (C=O) groups is 1. The van der Waals surface area contributed by atoms with Crippen LogP contribution in [0.15, 0.2) is 53.8 Å². The molecule has 4 nitrogen and oxygen atoms in total. The highest BCUT2D eigenvalue weighted by atomic mass is 35.5. The van der Waals surface area contributed by atoms with Crippen molar-refractivity contribution in [3.05, 3.63) is 58.8 Å². The molecule has 1 atom stereocenters. The van der Waals surface area contributed by atoms with Gasteiger partial charge in [-0.05, 0) is 25.1 Å². The van der Waals surface area contributed by atoms with Crippen LogP contribution in [0.3, 0.4) is 0 Å². The van der Waals surface area contributed by atoms with E-state index in [0.29, 0.717) is 15.7 Å². The summed E-state index contributed by atoms with van der Waals surface area (Å²) in [5.41, 5.74) is 1.34. The molecule has 1 N–H and O–H groups in total. The van der Waals surface area contributed by atoms with E-state index in [-0.39, 0.29) is 11.2 Å². The maximum Gasteiger partial charge on any atom is 0.237 e. The van der Waals surface area contributed by atoms with Gasteiger partial charge in [0.15, 0.2) is 0 Å². The lowest BCUT2D eigenvalue weighted by Crippen LogP contribution is -2.22. The second kappa shape index (κ2) is 7.38. The zero-order chi connectivity index (χ0) is 17.1. The summed E-state index contributed by atoms with van der Waals surface area (Å²) < 4.78 is 0. The van der Waals surface area contributed by atoms with Crippen LogP contribution >= 0.6 is 35.0 Å². The van der Waals surface area contributed by atoms with Gasteiger partial charge < -0.3 is 5.32 Å². The van der Waals surface area contributed by atoms with Gasteiger partial charge in [-0.15, -0.1) is 0 Å². The Morgan fingerprint density at radius 1 is 1.12 bits per heavy atom. The molecular weight excluding hydrogens is 365 g/mol. The zero-order valence-corrected chi connectivity index (χ0v) is 15.0. The molecule has 2 aromatic carbocycles. The quantitative estimate of drug-likeness (QED) is 0.510. The summed E-state index contributed by atoms with van der Waals surface area (Å²) in [5, 5.41) is 4.85. The third kappa shape index (κ3) is 3.64. The first kappa shape index (κ1) is 17.0. The predicted molar refractivity (Wildman–Crippen MR) is 99.9 cm³/mol. The number of anilines is 1. The molecule has 0 aliphatic carbocycles. The maximum atomic E-state index is 12.4. The Balaban J connectivity index is 1.77. The number of halogens is 2. The van der Waals surface area contributed by atoms with Crippen LogP contribution < -0.4 is 5.32 Å². The zero-order valence-electron chi connectivity index (χ0n) is 12.7. The van der Waals surface area contributed by atoms with E-state index in [1.807, 2.05) is 31.2 Å². The minimum atomic E-state index is -0.363. The van der Waals surface area contributed by atoms with Crippen molar-refractivity contribution in [1.82, 2.24) is 9.97 Å². The number of fused-ring (bicyclic) bond motifs is 1. The molecule has 0 unspecified atom stereocenters. The Hall–Kier alpha value is -1.82. The van der Waals surface area contributed by atoms with Crippen LogP contribution in [-0.4, -0.2) is 21.1 Å². The largest absolute Gasteiger partial charge is 0.324 e. The number of nitrogens with zero attached hydrogens (tertiary/aromatic N) is 2. The van der Waals surface area contributed by atoms with Gasteiger partial charge >= 0.3 is 0 Å². The number of nitrogens with one attached hydrogen (secondary N) is 1. The van der Waals surface area contributed by atoms with Gasteiger partial charge in [0.2, 0.25) is 5.91 Å². The first-order chi connectivity index (χ1) is 11.6. The Morgan fingerprint density at radius 2 is 1.92 bits per heavy atom. The van der Waals surface area contributed by atoms with E-state index in [1.54, 1.807) is 18.2 Å². The van der Waals surface area contributed by atoms with Crippen molar-refractivity contribution in [1.29, 1.82) is 0 Å². The van der Waals surface area contributed by atoms with Gasteiger partial charge in [0, 0.05) is 5.39 Å². The highest BCUT2D eigenvalue weighted by Crippen LogP contribution is 2.31. The summed E-state index contributed by atoms with van der Waals surface area (Å²) in [7, 11) is 0. The number of amides is 1.